The number of sulfone groups is 1. The highest BCUT2D eigenvalue weighted by atomic mass is 32.2. The van der Waals surface area contributed by atoms with E-state index in [0.717, 1.165) is 6.26 Å². The van der Waals surface area contributed by atoms with Crippen LogP contribution in [0.4, 0.5) is 11.4 Å². The standard InChI is InChI=1S/C18H18N2O5S/c1-11-17(21)20-15-9-14(7-8-16(15)25-11)19-18(22)13-5-3-12(4-6-13)10-26(2,23)24/h3-9,11H,10H2,1-2H3,(H,19,22)(H,20,21)/t11-/m1/s1. The highest BCUT2D eigenvalue weighted by Crippen LogP contribution is 2.32. The molecule has 3 rings (SSSR count). The van der Waals surface area contributed by atoms with Crippen molar-refractivity contribution in [1.82, 2.24) is 0 Å². The van der Waals surface area contributed by atoms with Crippen molar-refractivity contribution in [3.05, 3.63) is 53.6 Å². The molecule has 2 amide bonds. The molecule has 0 saturated heterocycles. The van der Waals surface area contributed by atoms with Gasteiger partial charge >= 0.3 is 0 Å². The normalized spacial score (nSPS) is 16.2. The van der Waals surface area contributed by atoms with Gasteiger partial charge in [-0.15, -0.1) is 0 Å². The first-order valence-electron chi connectivity index (χ1n) is 7.91. The summed E-state index contributed by atoms with van der Waals surface area (Å²) in [5.74, 6) is -0.118. The van der Waals surface area contributed by atoms with E-state index < -0.39 is 15.9 Å². The van der Waals surface area contributed by atoms with Crippen molar-refractivity contribution in [2.24, 2.45) is 0 Å². The van der Waals surface area contributed by atoms with Gasteiger partial charge in [-0.1, -0.05) is 12.1 Å². The van der Waals surface area contributed by atoms with Gasteiger partial charge < -0.3 is 15.4 Å². The predicted molar refractivity (Wildman–Crippen MR) is 98.1 cm³/mol. The van der Waals surface area contributed by atoms with Crippen LogP contribution in [-0.4, -0.2) is 32.6 Å². The Hall–Kier alpha value is -2.87. The van der Waals surface area contributed by atoms with Crippen LogP contribution in [0.25, 0.3) is 0 Å². The number of amides is 2. The van der Waals surface area contributed by atoms with E-state index in [1.165, 1.54) is 0 Å². The second-order valence-electron chi connectivity index (χ2n) is 6.18. The molecule has 0 spiro atoms. The van der Waals surface area contributed by atoms with Gasteiger partial charge in [-0.05, 0) is 42.8 Å². The third kappa shape index (κ3) is 4.20. The SMILES string of the molecule is C[C@H]1Oc2ccc(NC(=O)c3ccc(CS(C)(=O)=O)cc3)cc2NC1=O. The summed E-state index contributed by atoms with van der Waals surface area (Å²) in [6, 6.07) is 11.3. The Bertz CT molecular complexity index is 968. The molecule has 2 aromatic rings. The summed E-state index contributed by atoms with van der Waals surface area (Å²) < 4.78 is 28.1. The molecule has 7 nitrogen and oxygen atoms in total. The summed E-state index contributed by atoms with van der Waals surface area (Å²) in [7, 11) is -3.12. The van der Waals surface area contributed by atoms with Gasteiger partial charge in [0.25, 0.3) is 11.8 Å². The molecule has 0 radical (unpaired) electrons. The predicted octanol–water partition coefficient (Wildman–Crippen LogP) is 2.20. The quantitative estimate of drug-likeness (QED) is 0.854. The van der Waals surface area contributed by atoms with Gasteiger partial charge in [-0.2, -0.15) is 0 Å². The van der Waals surface area contributed by atoms with E-state index in [-0.39, 0.29) is 17.6 Å². The zero-order valence-corrected chi connectivity index (χ0v) is 15.1. The highest BCUT2D eigenvalue weighted by Gasteiger charge is 2.23. The maximum atomic E-state index is 12.3. The van der Waals surface area contributed by atoms with Crippen LogP contribution in [0.2, 0.25) is 0 Å². The third-order valence-corrected chi connectivity index (χ3v) is 4.67. The van der Waals surface area contributed by atoms with E-state index in [4.69, 9.17) is 4.74 Å². The Morgan fingerprint density at radius 2 is 1.88 bits per heavy atom. The largest absolute Gasteiger partial charge is 0.479 e. The zero-order chi connectivity index (χ0) is 18.9. The summed E-state index contributed by atoms with van der Waals surface area (Å²) in [6.45, 7) is 1.65. The fourth-order valence-corrected chi connectivity index (χ4v) is 3.34. The average molecular weight is 374 g/mol. The first kappa shape index (κ1) is 17.9. The van der Waals surface area contributed by atoms with Crippen LogP contribution in [0, 0.1) is 0 Å². The van der Waals surface area contributed by atoms with Crippen LogP contribution in [-0.2, 0) is 20.4 Å². The minimum atomic E-state index is -3.12. The number of benzene rings is 2. The number of hydrogen-bond donors (Lipinski definition) is 2. The number of rotatable bonds is 4. The molecule has 1 aliphatic heterocycles. The second kappa shape index (κ2) is 6.80. The zero-order valence-electron chi connectivity index (χ0n) is 14.3. The maximum Gasteiger partial charge on any atom is 0.265 e. The van der Waals surface area contributed by atoms with Crippen LogP contribution >= 0.6 is 0 Å². The van der Waals surface area contributed by atoms with Crippen molar-refractivity contribution in [1.29, 1.82) is 0 Å². The van der Waals surface area contributed by atoms with Crippen LogP contribution in [0.5, 0.6) is 5.75 Å². The second-order valence-corrected chi connectivity index (χ2v) is 8.32. The van der Waals surface area contributed by atoms with Crippen molar-refractivity contribution in [2.75, 3.05) is 16.9 Å². The molecule has 0 aromatic heterocycles. The van der Waals surface area contributed by atoms with Crippen molar-refractivity contribution in [3.8, 4) is 5.75 Å². The van der Waals surface area contributed by atoms with Crippen molar-refractivity contribution < 1.29 is 22.7 Å². The number of carbonyl (C=O) groups excluding carboxylic acids is 2. The summed E-state index contributed by atoms with van der Waals surface area (Å²) in [4.78, 5) is 24.0. The Labute approximate surface area is 151 Å². The molecule has 1 aliphatic rings. The number of fused-ring (bicyclic) bond motifs is 1. The molecular formula is C18H18N2O5S. The van der Waals surface area contributed by atoms with Gasteiger partial charge in [0.05, 0.1) is 11.4 Å². The number of ether oxygens (including phenoxy) is 1. The van der Waals surface area contributed by atoms with E-state index in [1.807, 2.05) is 0 Å². The van der Waals surface area contributed by atoms with Gasteiger partial charge in [0, 0.05) is 17.5 Å². The van der Waals surface area contributed by atoms with Gasteiger partial charge in [-0.25, -0.2) is 8.42 Å². The lowest BCUT2D eigenvalue weighted by atomic mass is 10.1. The Balaban J connectivity index is 1.72. The molecule has 0 fully saturated rings. The molecule has 0 unspecified atom stereocenters. The van der Waals surface area contributed by atoms with E-state index in [0.29, 0.717) is 28.3 Å². The van der Waals surface area contributed by atoms with Crippen LogP contribution in [0.1, 0.15) is 22.8 Å². The molecule has 0 saturated carbocycles. The lowest BCUT2D eigenvalue weighted by molar-refractivity contribution is -0.122. The molecule has 26 heavy (non-hydrogen) atoms. The number of anilines is 2. The lowest BCUT2D eigenvalue weighted by Gasteiger charge is -2.23. The van der Waals surface area contributed by atoms with Gasteiger partial charge in [0.2, 0.25) is 0 Å². The minimum Gasteiger partial charge on any atom is -0.479 e. The first-order chi connectivity index (χ1) is 12.2. The Kier molecular flexibility index (Phi) is 4.69. The molecule has 1 atom stereocenters. The minimum absolute atomic E-state index is 0.0716. The molecule has 1 heterocycles. The fourth-order valence-electron chi connectivity index (χ4n) is 2.54. The van der Waals surface area contributed by atoms with Crippen LogP contribution in [0.3, 0.4) is 0 Å². The summed E-state index contributed by atoms with van der Waals surface area (Å²) in [5.41, 5.74) is 2.02. The van der Waals surface area contributed by atoms with Gasteiger partial charge in [-0.3, -0.25) is 9.59 Å². The fraction of sp³-hybridized carbons (Fsp3) is 0.222. The Morgan fingerprint density at radius 1 is 1.19 bits per heavy atom. The first-order valence-corrected chi connectivity index (χ1v) is 9.97. The molecule has 0 aliphatic carbocycles. The molecule has 8 heteroatoms. The van der Waals surface area contributed by atoms with E-state index >= 15 is 0 Å². The lowest BCUT2D eigenvalue weighted by Crippen LogP contribution is -2.34. The van der Waals surface area contributed by atoms with Gasteiger partial charge in [0.15, 0.2) is 15.9 Å². The third-order valence-electron chi connectivity index (χ3n) is 3.81. The van der Waals surface area contributed by atoms with E-state index in [2.05, 4.69) is 10.6 Å². The number of carbonyl (C=O) groups is 2. The summed E-state index contributed by atoms with van der Waals surface area (Å²) >= 11 is 0. The van der Waals surface area contributed by atoms with E-state index in [1.54, 1.807) is 49.4 Å². The van der Waals surface area contributed by atoms with Crippen molar-refractivity contribution in [2.45, 2.75) is 18.8 Å². The van der Waals surface area contributed by atoms with Crippen molar-refractivity contribution in [3.63, 3.8) is 0 Å². The smallest absolute Gasteiger partial charge is 0.265 e. The summed E-state index contributed by atoms with van der Waals surface area (Å²) in [6.07, 6.45) is 0.598. The molecule has 2 aromatic carbocycles. The van der Waals surface area contributed by atoms with Crippen LogP contribution < -0.4 is 15.4 Å². The molecule has 0 bridgehead atoms. The maximum absolute atomic E-state index is 12.3. The Morgan fingerprint density at radius 3 is 2.54 bits per heavy atom. The molecular weight excluding hydrogens is 356 g/mol. The van der Waals surface area contributed by atoms with Gasteiger partial charge in [0.1, 0.15) is 5.75 Å². The molecule has 2 N–H and O–H groups in total. The van der Waals surface area contributed by atoms with E-state index in [9.17, 15) is 18.0 Å². The number of hydrogen-bond acceptors (Lipinski definition) is 5. The molecule has 136 valence electrons. The average Bonchev–Trinajstić information content (AvgIpc) is 2.55. The number of nitrogens with one attached hydrogen (secondary N) is 2. The summed E-state index contributed by atoms with van der Waals surface area (Å²) in [5, 5.41) is 5.46. The highest BCUT2D eigenvalue weighted by molar-refractivity contribution is 7.89. The van der Waals surface area contributed by atoms with Crippen molar-refractivity contribution >= 4 is 33.0 Å². The monoisotopic (exact) mass is 374 g/mol. The van der Waals surface area contributed by atoms with Crippen LogP contribution in [0.15, 0.2) is 42.5 Å². The topological polar surface area (TPSA) is 102 Å².